The number of pyridine rings is 1. The summed E-state index contributed by atoms with van der Waals surface area (Å²) in [5, 5.41) is 9.27. The first-order chi connectivity index (χ1) is 8.13. The maximum Gasteiger partial charge on any atom is 0.267 e. The highest BCUT2D eigenvalue weighted by molar-refractivity contribution is 5.92. The summed E-state index contributed by atoms with van der Waals surface area (Å²) < 4.78 is 0. The van der Waals surface area contributed by atoms with Crippen LogP contribution in [-0.2, 0) is 0 Å². The minimum absolute atomic E-state index is 0.0212. The summed E-state index contributed by atoms with van der Waals surface area (Å²) in [5.41, 5.74) is 11.7. The molecule has 1 aliphatic rings. The zero-order chi connectivity index (χ0) is 12.4. The molecule has 1 saturated heterocycles. The van der Waals surface area contributed by atoms with Gasteiger partial charge in [-0.2, -0.15) is 0 Å². The molecule has 1 aliphatic heterocycles. The number of nitrogen functional groups attached to an aromatic ring is 1. The quantitative estimate of drug-likeness (QED) is 0.669. The molecule has 1 unspecified atom stereocenters. The number of hydrogen-bond acceptors (Lipinski definition) is 5. The second-order valence-corrected chi connectivity index (χ2v) is 4.15. The van der Waals surface area contributed by atoms with Crippen molar-refractivity contribution in [1.82, 2.24) is 4.98 Å². The van der Waals surface area contributed by atoms with Gasteiger partial charge in [0.05, 0.1) is 18.3 Å². The number of nitrogens with two attached hydrogens (primary N) is 2. The van der Waals surface area contributed by atoms with E-state index in [2.05, 4.69) is 4.98 Å². The van der Waals surface area contributed by atoms with Crippen LogP contribution in [0.4, 0.5) is 11.5 Å². The minimum Gasteiger partial charge on any atom is -0.396 e. The van der Waals surface area contributed by atoms with Gasteiger partial charge in [-0.25, -0.2) is 4.98 Å². The summed E-state index contributed by atoms with van der Waals surface area (Å²) >= 11 is 0. The van der Waals surface area contributed by atoms with Crippen molar-refractivity contribution < 1.29 is 9.90 Å². The number of nitrogens with zero attached hydrogens (tertiary/aromatic N) is 2. The van der Waals surface area contributed by atoms with Crippen LogP contribution in [0.1, 0.15) is 23.3 Å². The predicted molar refractivity (Wildman–Crippen MR) is 64.6 cm³/mol. The van der Waals surface area contributed by atoms with Gasteiger partial charge in [-0.15, -0.1) is 0 Å². The largest absolute Gasteiger partial charge is 0.396 e. The number of aromatic nitrogens is 1. The highest BCUT2D eigenvalue weighted by Crippen LogP contribution is 2.28. The van der Waals surface area contributed by atoms with E-state index in [-0.39, 0.29) is 18.3 Å². The van der Waals surface area contributed by atoms with E-state index in [0.717, 1.165) is 19.4 Å². The Kier molecular flexibility index (Phi) is 3.14. The zero-order valence-electron chi connectivity index (χ0n) is 9.47. The average Bonchev–Trinajstić information content (AvgIpc) is 2.77. The van der Waals surface area contributed by atoms with Gasteiger partial charge in [0.2, 0.25) is 0 Å². The molecule has 2 rings (SSSR count). The van der Waals surface area contributed by atoms with Crippen molar-refractivity contribution in [2.24, 2.45) is 5.73 Å². The van der Waals surface area contributed by atoms with Crippen LogP contribution in [0.5, 0.6) is 0 Å². The van der Waals surface area contributed by atoms with Gasteiger partial charge in [0.25, 0.3) is 5.91 Å². The Morgan fingerprint density at radius 1 is 1.59 bits per heavy atom. The number of primary amides is 1. The van der Waals surface area contributed by atoms with E-state index in [9.17, 15) is 9.90 Å². The molecule has 2 heterocycles. The van der Waals surface area contributed by atoms with Gasteiger partial charge in [0, 0.05) is 6.54 Å². The van der Waals surface area contributed by atoms with Crippen LogP contribution in [0.2, 0.25) is 0 Å². The lowest BCUT2D eigenvalue weighted by Gasteiger charge is -2.25. The van der Waals surface area contributed by atoms with Crippen molar-refractivity contribution in [3.63, 3.8) is 0 Å². The minimum atomic E-state index is -0.578. The van der Waals surface area contributed by atoms with Gasteiger partial charge in [-0.1, -0.05) is 0 Å². The summed E-state index contributed by atoms with van der Waals surface area (Å²) in [5.74, 6) is -0.0381. The van der Waals surface area contributed by atoms with Gasteiger partial charge >= 0.3 is 0 Å². The molecule has 92 valence electrons. The van der Waals surface area contributed by atoms with Gasteiger partial charge in [0.15, 0.2) is 5.82 Å². The molecule has 1 fully saturated rings. The molecule has 1 amide bonds. The van der Waals surface area contributed by atoms with E-state index in [1.807, 2.05) is 4.90 Å². The number of hydrogen-bond donors (Lipinski definition) is 3. The van der Waals surface area contributed by atoms with Crippen molar-refractivity contribution in [2.45, 2.75) is 18.9 Å². The molecule has 0 bridgehead atoms. The smallest absolute Gasteiger partial charge is 0.267 e. The molecule has 6 nitrogen and oxygen atoms in total. The molecule has 17 heavy (non-hydrogen) atoms. The lowest BCUT2D eigenvalue weighted by Crippen LogP contribution is -2.33. The third-order valence-corrected chi connectivity index (χ3v) is 3.02. The topological polar surface area (TPSA) is 105 Å². The first kappa shape index (κ1) is 11.7. The molecule has 0 radical (unpaired) electrons. The van der Waals surface area contributed by atoms with E-state index in [1.165, 1.54) is 6.07 Å². The molecule has 1 aromatic rings. The summed E-state index contributed by atoms with van der Waals surface area (Å²) in [6.07, 6.45) is 1.88. The van der Waals surface area contributed by atoms with Crippen LogP contribution in [0.3, 0.4) is 0 Å². The molecule has 6 heteroatoms. The van der Waals surface area contributed by atoms with Crippen molar-refractivity contribution in [3.8, 4) is 0 Å². The van der Waals surface area contributed by atoms with E-state index in [0.29, 0.717) is 11.5 Å². The second kappa shape index (κ2) is 4.58. The van der Waals surface area contributed by atoms with Gasteiger partial charge in [-0.3, -0.25) is 4.79 Å². The Balaban J connectivity index is 2.36. The Hall–Kier alpha value is -1.82. The van der Waals surface area contributed by atoms with Crippen LogP contribution >= 0.6 is 0 Å². The molecule has 1 atom stereocenters. The van der Waals surface area contributed by atoms with Crippen molar-refractivity contribution in [2.75, 3.05) is 23.8 Å². The standard InChI is InChI=1S/C11H16N4O2/c12-8-3-4-9(10(13)17)14-11(8)15-5-1-2-7(15)6-16/h3-4,7,16H,1-2,5-6,12H2,(H2,13,17). The number of anilines is 2. The molecular weight excluding hydrogens is 220 g/mol. The first-order valence-corrected chi connectivity index (χ1v) is 5.57. The van der Waals surface area contributed by atoms with E-state index in [4.69, 9.17) is 11.5 Å². The Bertz CT molecular complexity index is 435. The fraction of sp³-hybridized carbons (Fsp3) is 0.455. The fourth-order valence-corrected chi connectivity index (χ4v) is 2.13. The maximum atomic E-state index is 11.1. The van der Waals surface area contributed by atoms with Crippen LogP contribution in [-0.4, -0.2) is 35.2 Å². The Morgan fingerprint density at radius 2 is 2.35 bits per heavy atom. The predicted octanol–water partition coefficient (Wildman–Crippen LogP) is -0.276. The van der Waals surface area contributed by atoms with Crippen LogP contribution in [0.15, 0.2) is 12.1 Å². The fourth-order valence-electron chi connectivity index (χ4n) is 2.13. The van der Waals surface area contributed by atoms with Crippen molar-refractivity contribution >= 4 is 17.4 Å². The number of rotatable bonds is 3. The third kappa shape index (κ3) is 2.16. The SMILES string of the molecule is NC(=O)c1ccc(N)c(N2CCCC2CO)n1. The Morgan fingerprint density at radius 3 is 3.00 bits per heavy atom. The van der Waals surface area contributed by atoms with Crippen molar-refractivity contribution in [1.29, 1.82) is 0 Å². The highest BCUT2D eigenvalue weighted by Gasteiger charge is 2.26. The van der Waals surface area contributed by atoms with E-state index >= 15 is 0 Å². The number of carbonyl (C=O) groups is 1. The third-order valence-electron chi connectivity index (χ3n) is 3.02. The van der Waals surface area contributed by atoms with Crippen LogP contribution in [0.25, 0.3) is 0 Å². The molecule has 0 spiro atoms. The normalized spacial score (nSPS) is 19.6. The molecule has 1 aromatic heterocycles. The lowest BCUT2D eigenvalue weighted by molar-refractivity contribution is 0.0995. The van der Waals surface area contributed by atoms with E-state index < -0.39 is 5.91 Å². The average molecular weight is 236 g/mol. The van der Waals surface area contributed by atoms with Crippen LogP contribution < -0.4 is 16.4 Å². The van der Waals surface area contributed by atoms with Gasteiger partial charge in [0.1, 0.15) is 5.69 Å². The number of aliphatic hydroxyl groups excluding tert-OH is 1. The molecule has 0 aromatic carbocycles. The monoisotopic (exact) mass is 236 g/mol. The zero-order valence-corrected chi connectivity index (χ0v) is 9.47. The molecule has 0 aliphatic carbocycles. The van der Waals surface area contributed by atoms with E-state index in [1.54, 1.807) is 6.07 Å². The lowest BCUT2D eigenvalue weighted by atomic mass is 10.2. The molecule has 0 saturated carbocycles. The highest BCUT2D eigenvalue weighted by atomic mass is 16.3. The summed E-state index contributed by atoms with van der Waals surface area (Å²) in [6.45, 7) is 0.840. The van der Waals surface area contributed by atoms with Gasteiger partial charge < -0.3 is 21.5 Å². The summed E-state index contributed by atoms with van der Waals surface area (Å²) in [7, 11) is 0. The number of aliphatic hydroxyl groups is 1. The molecule has 5 N–H and O–H groups in total. The maximum absolute atomic E-state index is 11.1. The van der Waals surface area contributed by atoms with Crippen molar-refractivity contribution in [3.05, 3.63) is 17.8 Å². The Labute approximate surface area is 99.2 Å². The van der Waals surface area contributed by atoms with Crippen LogP contribution in [0, 0.1) is 0 Å². The second-order valence-electron chi connectivity index (χ2n) is 4.15. The summed E-state index contributed by atoms with van der Waals surface area (Å²) in [4.78, 5) is 17.2. The number of carbonyl (C=O) groups excluding carboxylic acids is 1. The summed E-state index contributed by atoms with van der Waals surface area (Å²) in [6, 6.07) is 3.15. The number of amides is 1. The van der Waals surface area contributed by atoms with Gasteiger partial charge in [-0.05, 0) is 25.0 Å². The molecular formula is C11H16N4O2. The first-order valence-electron chi connectivity index (χ1n) is 5.57.